The van der Waals surface area contributed by atoms with E-state index in [1.54, 1.807) is 12.1 Å². The zero-order valence-corrected chi connectivity index (χ0v) is 14.2. The average molecular weight is 351 g/mol. The first-order valence-electron chi connectivity index (χ1n) is 7.47. The largest absolute Gasteiger partial charge is 0.297 e. The molecule has 2 atom stereocenters. The first-order chi connectivity index (χ1) is 10.9. The van der Waals surface area contributed by atoms with Crippen molar-refractivity contribution >= 4 is 21.6 Å². The van der Waals surface area contributed by atoms with Crippen LogP contribution in [-0.4, -0.2) is 31.7 Å². The summed E-state index contributed by atoms with van der Waals surface area (Å²) >= 11 is 5.93. The third-order valence-corrected chi connectivity index (χ3v) is 5.88. The van der Waals surface area contributed by atoms with Gasteiger partial charge in [0.15, 0.2) is 0 Å². The molecular formula is C17H19ClN2O2S. The van der Waals surface area contributed by atoms with Crippen LogP contribution in [0.3, 0.4) is 0 Å². The number of rotatable bonds is 4. The summed E-state index contributed by atoms with van der Waals surface area (Å²) in [5.41, 5.74) is 2.13. The van der Waals surface area contributed by atoms with E-state index < -0.39 is 15.3 Å². The summed E-state index contributed by atoms with van der Waals surface area (Å²) in [6.45, 7) is 1.83. The fraction of sp³-hybridized carbons (Fsp3) is 0.294. The highest BCUT2D eigenvalue weighted by molar-refractivity contribution is 7.89. The topological polar surface area (TPSA) is 63.4 Å². The second-order valence-corrected chi connectivity index (χ2v) is 8.19. The molecule has 1 heterocycles. The number of nitrogens with zero attached hydrogens (tertiary/aromatic N) is 1. The predicted molar refractivity (Wildman–Crippen MR) is 92.8 cm³/mol. The zero-order chi connectivity index (χ0) is 16.4. The van der Waals surface area contributed by atoms with Crippen molar-refractivity contribution < 1.29 is 8.42 Å². The van der Waals surface area contributed by atoms with Crippen molar-refractivity contribution in [2.24, 2.45) is 5.14 Å². The SMILES string of the molecule is NS(=O)(=O)[C@H]1CN(Cc2ccccc2)C[C@H]1c1ccc(Cl)cc1. The molecule has 2 aromatic carbocycles. The minimum Gasteiger partial charge on any atom is -0.297 e. The Hall–Kier alpha value is -1.40. The summed E-state index contributed by atoms with van der Waals surface area (Å²) < 4.78 is 24.0. The molecule has 1 saturated heterocycles. The number of likely N-dealkylation sites (tertiary alicyclic amines) is 1. The van der Waals surface area contributed by atoms with Crippen molar-refractivity contribution in [3.8, 4) is 0 Å². The molecule has 0 spiro atoms. The van der Waals surface area contributed by atoms with Gasteiger partial charge in [0.1, 0.15) is 0 Å². The van der Waals surface area contributed by atoms with E-state index in [1.807, 2.05) is 42.5 Å². The normalized spacial score (nSPS) is 22.3. The quantitative estimate of drug-likeness (QED) is 0.921. The van der Waals surface area contributed by atoms with E-state index in [9.17, 15) is 8.42 Å². The smallest absolute Gasteiger partial charge is 0.213 e. The third kappa shape index (κ3) is 3.93. The van der Waals surface area contributed by atoms with Gasteiger partial charge in [0.05, 0.1) is 5.25 Å². The second kappa shape index (κ2) is 6.61. The molecule has 6 heteroatoms. The fourth-order valence-electron chi connectivity index (χ4n) is 3.19. The maximum Gasteiger partial charge on any atom is 0.213 e. The Bertz CT molecular complexity index is 763. The minimum absolute atomic E-state index is 0.133. The van der Waals surface area contributed by atoms with E-state index in [1.165, 1.54) is 0 Å². The van der Waals surface area contributed by atoms with Gasteiger partial charge in [0.25, 0.3) is 0 Å². The van der Waals surface area contributed by atoms with Crippen LogP contribution < -0.4 is 5.14 Å². The minimum atomic E-state index is -3.61. The van der Waals surface area contributed by atoms with Gasteiger partial charge in [0, 0.05) is 30.6 Å². The summed E-state index contributed by atoms with van der Waals surface area (Å²) in [6, 6.07) is 17.4. The van der Waals surface area contributed by atoms with Crippen molar-refractivity contribution in [3.05, 3.63) is 70.7 Å². The fourth-order valence-corrected chi connectivity index (χ4v) is 4.43. The number of primary sulfonamides is 1. The van der Waals surface area contributed by atoms with Crippen LogP contribution in [-0.2, 0) is 16.6 Å². The van der Waals surface area contributed by atoms with Gasteiger partial charge in [0.2, 0.25) is 10.0 Å². The average Bonchev–Trinajstić information content (AvgIpc) is 2.93. The molecule has 0 radical (unpaired) electrons. The lowest BCUT2D eigenvalue weighted by molar-refractivity contribution is 0.327. The molecule has 1 aliphatic heterocycles. The van der Waals surface area contributed by atoms with E-state index in [0.29, 0.717) is 18.1 Å². The van der Waals surface area contributed by atoms with Gasteiger partial charge in [-0.2, -0.15) is 0 Å². The molecule has 1 aliphatic rings. The molecule has 0 bridgehead atoms. The van der Waals surface area contributed by atoms with Gasteiger partial charge >= 0.3 is 0 Å². The predicted octanol–water partition coefficient (Wildman–Crippen LogP) is 2.60. The highest BCUT2D eigenvalue weighted by atomic mass is 35.5. The van der Waals surface area contributed by atoms with Crippen LogP contribution in [0.5, 0.6) is 0 Å². The standard InChI is InChI=1S/C17H19ClN2O2S/c18-15-8-6-14(7-9-15)16-11-20(12-17(16)23(19,21)22)10-13-4-2-1-3-5-13/h1-9,16-17H,10-12H2,(H2,19,21,22)/t16-,17-/m0/s1. The number of hydrogen-bond donors (Lipinski definition) is 1. The molecule has 122 valence electrons. The number of halogens is 1. The second-order valence-electron chi connectivity index (χ2n) is 5.97. The Morgan fingerprint density at radius 3 is 2.30 bits per heavy atom. The van der Waals surface area contributed by atoms with E-state index in [-0.39, 0.29) is 5.92 Å². The Morgan fingerprint density at radius 2 is 1.70 bits per heavy atom. The van der Waals surface area contributed by atoms with Gasteiger partial charge in [-0.25, -0.2) is 13.6 Å². The van der Waals surface area contributed by atoms with Crippen LogP contribution in [0.2, 0.25) is 5.02 Å². The molecular weight excluding hydrogens is 332 g/mol. The summed E-state index contributed by atoms with van der Waals surface area (Å²) in [6.07, 6.45) is 0. The van der Waals surface area contributed by atoms with Gasteiger partial charge < -0.3 is 0 Å². The Kier molecular flexibility index (Phi) is 4.73. The van der Waals surface area contributed by atoms with Crippen LogP contribution in [0, 0.1) is 0 Å². The maximum atomic E-state index is 12.0. The van der Waals surface area contributed by atoms with E-state index >= 15 is 0 Å². The van der Waals surface area contributed by atoms with Crippen LogP contribution in [0.25, 0.3) is 0 Å². The lowest BCUT2D eigenvalue weighted by atomic mass is 9.98. The molecule has 23 heavy (non-hydrogen) atoms. The summed E-state index contributed by atoms with van der Waals surface area (Å²) in [4.78, 5) is 2.14. The van der Waals surface area contributed by atoms with E-state index in [4.69, 9.17) is 16.7 Å². The molecule has 4 nitrogen and oxygen atoms in total. The first kappa shape index (κ1) is 16.5. The first-order valence-corrected chi connectivity index (χ1v) is 9.45. The van der Waals surface area contributed by atoms with Gasteiger partial charge in [-0.1, -0.05) is 54.1 Å². The summed E-state index contributed by atoms with van der Waals surface area (Å²) in [5, 5.41) is 5.52. The molecule has 1 fully saturated rings. The lowest BCUT2D eigenvalue weighted by Gasteiger charge is -2.17. The Morgan fingerprint density at radius 1 is 1.04 bits per heavy atom. The highest BCUT2D eigenvalue weighted by Crippen LogP contribution is 2.32. The molecule has 0 aliphatic carbocycles. The van der Waals surface area contributed by atoms with Crippen LogP contribution in [0.1, 0.15) is 17.0 Å². The Labute approximate surface area is 141 Å². The van der Waals surface area contributed by atoms with E-state index in [2.05, 4.69) is 4.90 Å². The molecule has 3 rings (SSSR count). The van der Waals surface area contributed by atoms with Crippen LogP contribution in [0.4, 0.5) is 0 Å². The summed E-state index contributed by atoms with van der Waals surface area (Å²) in [7, 11) is -3.61. The molecule has 2 N–H and O–H groups in total. The molecule has 2 aromatic rings. The van der Waals surface area contributed by atoms with Crippen molar-refractivity contribution in [1.82, 2.24) is 4.90 Å². The van der Waals surface area contributed by atoms with Crippen LogP contribution in [0.15, 0.2) is 54.6 Å². The van der Waals surface area contributed by atoms with Crippen molar-refractivity contribution in [2.45, 2.75) is 17.7 Å². The third-order valence-electron chi connectivity index (χ3n) is 4.31. The molecule has 0 amide bonds. The van der Waals surface area contributed by atoms with Crippen LogP contribution >= 0.6 is 11.6 Å². The molecule has 0 saturated carbocycles. The molecule has 0 aromatic heterocycles. The lowest BCUT2D eigenvalue weighted by Crippen LogP contribution is -2.34. The highest BCUT2D eigenvalue weighted by Gasteiger charge is 2.40. The Balaban J connectivity index is 1.84. The summed E-state index contributed by atoms with van der Waals surface area (Å²) in [5.74, 6) is -0.133. The van der Waals surface area contributed by atoms with Crippen molar-refractivity contribution in [2.75, 3.05) is 13.1 Å². The number of hydrogen-bond acceptors (Lipinski definition) is 3. The van der Waals surface area contributed by atoms with Gasteiger partial charge in [-0.3, -0.25) is 4.90 Å². The number of sulfonamides is 1. The number of nitrogens with two attached hydrogens (primary N) is 1. The zero-order valence-electron chi connectivity index (χ0n) is 12.6. The van der Waals surface area contributed by atoms with Gasteiger partial charge in [-0.15, -0.1) is 0 Å². The maximum absolute atomic E-state index is 12.0. The van der Waals surface area contributed by atoms with Crippen molar-refractivity contribution in [1.29, 1.82) is 0 Å². The van der Waals surface area contributed by atoms with Gasteiger partial charge in [-0.05, 0) is 23.3 Å². The monoisotopic (exact) mass is 350 g/mol. The van der Waals surface area contributed by atoms with Crippen molar-refractivity contribution in [3.63, 3.8) is 0 Å². The van der Waals surface area contributed by atoms with E-state index in [0.717, 1.165) is 17.7 Å². The number of benzene rings is 2. The molecule has 0 unspecified atom stereocenters.